The van der Waals surface area contributed by atoms with Crippen LogP contribution in [-0.4, -0.2) is 17.2 Å². The minimum Gasteiger partial charge on any atom is -0.285 e. The van der Waals surface area contributed by atoms with Crippen LogP contribution in [0.2, 0.25) is 0 Å². The highest BCUT2D eigenvalue weighted by Gasteiger charge is 2.11. The molecule has 3 heteroatoms. The third-order valence-corrected chi connectivity index (χ3v) is 3.57. The zero-order valence-electron chi connectivity index (χ0n) is 8.34. The van der Waals surface area contributed by atoms with Crippen molar-refractivity contribution in [1.29, 1.82) is 0 Å². The van der Waals surface area contributed by atoms with Crippen molar-refractivity contribution < 1.29 is 0 Å². The summed E-state index contributed by atoms with van der Waals surface area (Å²) in [6, 6.07) is 4.37. The molecule has 2 aromatic rings. The average molecular weight is 214 g/mol. The molecular weight excluding hydrogens is 204 g/mol. The van der Waals surface area contributed by atoms with Crippen LogP contribution in [-0.2, 0) is 0 Å². The van der Waals surface area contributed by atoms with Gasteiger partial charge in [-0.15, -0.1) is 11.3 Å². The quantitative estimate of drug-likeness (QED) is 0.661. The van der Waals surface area contributed by atoms with Crippen LogP contribution in [0.15, 0.2) is 29.4 Å². The Kier molecular flexibility index (Phi) is 1.92. The molecule has 0 unspecified atom stereocenters. The molecule has 0 saturated carbocycles. The smallest absolute Gasteiger partial charge is 0.124 e. The average Bonchev–Trinajstić information content (AvgIpc) is 2.51. The first kappa shape index (κ1) is 8.80. The Bertz CT molecular complexity index is 566. The molecule has 0 saturated heterocycles. The normalized spacial score (nSPS) is 19.1. The molecule has 0 spiro atoms. The van der Waals surface area contributed by atoms with Crippen molar-refractivity contribution in [3.63, 3.8) is 0 Å². The van der Waals surface area contributed by atoms with Gasteiger partial charge < -0.3 is 0 Å². The van der Waals surface area contributed by atoms with Crippen LogP contribution in [0.3, 0.4) is 0 Å². The lowest BCUT2D eigenvalue weighted by atomic mass is 10.1. The van der Waals surface area contributed by atoms with Gasteiger partial charge in [0.05, 0.1) is 10.9 Å². The molecule has 2 nitrogen and oxygen atoms in total. The zero-order chi connectivity index (χ0) is 10.3. The molecule has 0 radical (unpaired) electrons. The highest BCUT2D eigenvalue weighted by Crippen LogP contribution is 2.30. The first-order chi connectivity index (χ1) is 7.34. The second-order valence-corrected chi connectivity index (χ2v) is 4.64. The molecule has 0 aliphatic carbocycles. The Morgan fingerprint density at radius 2 is 2.33 bits per heavy atom. The summed E-state index contributed by atoms with van der Waals surface area (Å²) in [5, 5.41) is 1.23. The summed E-state index contributed by atoms with van der Waals surface area (Å²) in [7, 11) is 0. The fourth-order valence-corrected chi connectivity index (χ4v) is 2.72. The predicted octanol–water partition coefficient (Wildman–Crippen LogP) is 3.13. The number of aromatic nitrogens is 1. The Balaban J connectivity index is 2.33. The van der Waals surface area contributed by atoms with Gasteiger partial charge in [0.25, 0.3) is 0 Å². The summed E-state index contributed by atoms with van der Waals surface area (Å²) in [5.74, 6) is 0. The Morgan fingerprint density at radius 3 is 3.27 bits per heavy atom. The van der Waals surface area contributed by atoms with E-state index in [1.807, 2.05) is 18.5 Å². The largest absolute Gasteiger partial charge is 0.285 e. The van der Waals surface area contributed by atoms with Crippen molar-refractivity contribution in [2.75, 3.05) is 0 Å². The molecule has 0 amide bonds. The van der Waals surface area contributed by atoms with Crippen molar-refractivity contribution in [2.24, 2.45) is 4.99 Å². The minimum atomic E-state index is 0.274. The molecule has 1 aliphatic heterocycles. The third kappa shape index (κ3) is 1.39. The fraction of sp³-hybridized carbons (Fsp3) is 0.167. The number of pyridine rings is 1. The molecule has 1 atom stereocenters. The summed E-state index contributed by atoms with van der Waals surface area (Å²) in [4.78, 5) is 11.1. The number of hydrogen-bond acceptors (Lipinski definition) is 3. The fourth-order valence-electron chi connectivity index (χ4n) is 1.71. The molecule has 15 heavy (non-hydrogen) atoms. The van der Waals surface area contributed by atoms with Gasteiger partial charge in [-0.1, -0.05) is 12.2 Å². The van der Waals surface area contributed by atoms with Gasteiger partial charge in [-0.2, -0.15) is 0 Å². The van der Waals surface area contributed by atoms with Crippen molar-refractivity contribution in [3.05, 3.63) is 34.8 Å². The Labute approximate surface area is 92.0 Å². The van der Waals surface area contributed by atoms with Gasteiger partial charge in [0.2, 0.25) is 0 Å². The van der Waals surface area contributed by atoms with Crippen LogP contribution in [0.1, 0.15) is 17.4 Å². The zero-order valence-corrected chi connectivity index (χ0v) is 9.16. The Hall–Kier alpha value is -1.48. The van der Waals surface area contributed by atoms with E-state index in [1.54, 1.807) is 11.3 Å². The molecule has 0 aromatic carbocycles. The van der Waals surface area contributed by atoms with E-state index in [0.29, 0.717) is 0 Å². The van der Waals surface area contributed by atoms with Crippen molar-refractivity contribution in [3.8, 4) is 0 Å². The second kappa shape index (κ2) is 3.28. The third-order valence-electron chi connectivity index (χ3n) is 2.50. The molecule has 74 valence electrons. The van der Waals surface area contributed by atoms with Crippen LogP contribution in [0, 0.1) is 0 Å². The second-order valence-electron chi connectivity index (χ2n) is 3.61. The summed E-state index contributed by atoms with van der Waals surface area (Å²) < 4.78 is 0. The van der Waals surface area contributed by atoms with E-state index in [2.05, 4.69) is 35.1 Å². The maximum Gasteiger partial charge on any atom is 0.124 e. The minimum absolute atomic E-state index is 0.274. The van der Waals surface area contributed by atoms with Crippen molar-refractivity contribution in [2.45, 2.75) is 13.0 Å². The molecule has 0 bridgehead atoms. The van der Waals surface area contributed by atoms with E-state index in [9.17, 15) is 0 Å². The van der Waals surface area contributed by atoms with Crippen LogP contribution in [0.5, 0.6) is 0 Å². The maximum atomic E-state index is 4.43. The van der Waals surface area contributed by atoms with E-state index < -0.39 is 0 Å². The van der Waals surface area contributed by atoms with E-state index in [1.165, 1.54) is 15.8 Å². The molecule has 3 rings (SSSR count). The highest BCUT2D eigenvalue weighted by atomic mass is 32.1. The van der Waals surface area contributed by atoms with Gasteiger partial charge in [0.1, 0.15) is 4.83 Å². The van der Waals surface area contributed by atoms with E-state index >= 15 is 0 Å². The number of hydrogen-bond donors (Lipinski definition) is 0. The first-order valence-corrected chi connectivity index (χ1v) is 5.75. The maximum absolute atomic E-state index is 4.43. The van der Waals surface area contributed by atoms with Gasteiger partial charge in [-0.3, -0.25) is 4.99 Å². The number of nitrogens with zero attached hydrogens (tertiary/aromatic N) is 2. The summed E-state index contributed by atoms with van der Waals surface area (Å²) in [6.07, 6.45) is 8.09. The molecule has 2 aromatic heterocycles. The van der Waals surface area contributed by atoms with Gasteiger partial charge >= 0.3 is 0 Å². The predicted molar refractivity (Wildman–Crippen MR) is 65.7 cm³/mol. The van der Waals surface area contributed by atoms with Crippen molar-refractivity contribution in [1.82, 2.24) is 4.98 Å². The van der Waals surface area contributed by atoms with Gasteiger partial charge in [-0.05, 0) is 19.1 Å². The first-order valence-electron chi connectivity index (χ1n) is 4.93. The molecule has 3 heterocycles. The number of rotatable bonds is 0. The van der Waals surface area contributed by atoms with Gasteiger partial charge in [0, 0.05) is 23.4 Å². The van der Waals surface area contributed by atoms with Crippen LogP contribution in [0.25, 0.3) is 16.3 Å². The SMILES string of the molecule is C[C@H]1C=Cc2c(sc3ncccc23)C=N1. The highest BCUT2D eigenvalue weighted by molar-refractivity contribution is 7.20. The standard InChI is InChI=1S/C12H10N2S/c1-8-4-5-9-10-3-2-6-13-12(10)15-11(9)7-14-8/h2-8H,1H3/t8-/m0/s1. The lowest BCUT2D eigenvalue weighted by Crippen LogP contribution is -1.88. The molecule has 1 aliphatic rings. The van der Waals surface area contributed by atoms with Crippen LogP contribution < -0.4 is 0 Å². The van der Waals surface area contributed by atoms with Crippen molar-refractivity contribution >= 4 is 33.8 Å². The molecule has 0 fully saturated rings. The topological polar surface area (TPSA) is 25.2 Å². The van der Waals surface area contributed by atoms with E-state index in [4.69, 9.17) is 0 Å². The van der Waals surface area contributed by atoms with E-state index in [0.717, 1.165) is 4.83 Å². The number of aliphatic imine (C=N–C) groups is 1. The molecule has 0 N–H and O–H groups in total. The number of fused-ring (bicyclic) bond motifs is 3. The van der Waals surface area contributed by atoms with E-state index in [-0.39, 0.29) is 6.04 Å². The lowest BCUT2D eigenvalue weighted by molar-refractivity contribution is 0.940. The summed E-state index contributed by atoms with van der Waals surface area (Å²) in [6.45, 7) is 2.09. The van der Waals surface area contributed by atoms with Crippen LogP contribution in [0.4, 0.5) is 0 Å². The monoisotopic (exact) mass is 214 g/mol. The lowest BCUT2D eigenvalue weighted by Gasteiger charge is -1.93. The van der Waals surface area contributed by atoms with Gasteiger partial charge in [-0.25, -0.2) is 4.98 Å². The number of thiophene rings is 1. The summed E-state index contributed by atoms with van der Waals surface area (Å²) in [5.41, 5.74) is 1.26. The summed E-state index contributed by atoms with van der Waals surface area (Å²) >= 11 is 1.70. The molecular formula is C12H10N2S. The Morgan fingerprint density at radius 1 is 1.40 bits per heavy atom. The van der Waals surface area contributed by atoms with Gasteiger partial charge in [0.15, 0.2) is 0 Å². The van der Waals surface area contributed by atoms with Crippen LogP contribution >= 0.6 is 11.3 Å².